The Hall–Kier alpha value is -3.26. The molecule has 1 amide bonds. The van der Waals surface area contributed by atoms with Gasteiger partial charge in [0.15, 0.2) is 0 Å². The molecule has 150 valence electrons. The molecule has 8 heteroatoms. The van der Waals surface area contributed by atoms with E-state index in [4.69, 9.17) is 0 Å². The van der Waals surface area contributed by atoms with Crippen molar-refractivity contribution in [1.29, 1.82) is 0 Å². The number of nitrogens with zero attached hydrogens (tertiary/aromatic N) is 1. The van der Waals surface area contributed by atoms with Crippen molar-refractivity contribution < 1.29 is 17.6 Å². The first kappa shape index (κ1) is 20.5. The molecule has 2 aromatic carbocycles. The predicted octanol–water partition coefficient (Wildman–Crippen LogP) is 3.30. The van der Waals surface area contributed by atoms with Crippen LogP contribution in [-0.4, -0.2) is 25.9 Å². The van der Waals surface area contributed by atoms with Crippen LogP contribution in [0, 0.1) is 12.7 Å². The second-order valence-electron chi connectivity index (χ2n) is 6.45. The van der Waals surface area contributed by atoms with Crippen molar-refractivity contribution >= 4 is 21.6 Å². The summed E-state index contributed by atoms with van der Waals surface area (Å²) < 4.78 is 41.7. The maximum absolute atomic E-state index is 13.7. The van der Waals surface area contributed by atoms with Gasteiger partial charge in [0.05, 0.1) is 17.4 Å². The highest BCUT2D eigenvalue weighted by Crippen LogP contribution is 2.20. The first-order valence-corrected chi connectivity index (χ1v) is 10.4. The SMILES string of the molecule is Cc1cncc(NS(=O)(=O)c2ccccc2C(=O)NCCc2ccccc2F)c1. The number of aryl methyl sites for hydroxylation is 1. The highest BCUT2D eigenvalue weighted by molar-refractivity contribution is 7.92. The molecule has 0 bridgehead atoms. The molecule has 0 radical (unpaired) electrons. The summed E-state index contributed by atoms with van der Waals surface area (Å²) in [6, 6.07) is 13.9. The Morgan fingerprint density at radius 2 is 1.79 bits per heavy atom. The highest BCUT2D eigenvalue weighted by Gasteiger charge is 2.22. The third-order valence-electron chi connectivity index (χ3n) is 4.19. The molecule has 0 spiro atoms. The van der Waals surface area contributed by atoms with Gasteiger partial charge in [0.1, 0.15) is 10.7 Å². The van der Waals surface area contributed by atoms with Crippen LogP contribution >= 0.6 is 0 Å². The van der Waals surface area contributed by atoms with Gasteiger partial charge in [-0.25, -0.2) is 12.8 Å². The van der Waals surface area contributed by atoms with Crippen LogP contribution in [0.5, 0.6) is 0 Å². The summed E-state index contributed by atoms with van der Waals surface area (Å²) >= 11 is 0. The van der Waals surface area contributed by atoms with Gasteiger partial charge in [0, 0.05) is 12.7 Å². The normalized spacial score (nSPS) is 11.1. The average molecular weight is 413 g/mol. The van der Waals surface area contributed by atoms with E-state index in [9.17, 15) is 17.6 Å². The van der Waals surface area contributed by atoms with E-state index < -0.39 is 15.9 Å². The van der Waals surface area contributed by atoms with Gasteiger partial charge in [-0.05, 0) is 48.7 Å². The maximum atomic E-state index is 13.7. The van der Waals surface area contributed by atoms with Crippen LogP contribution in [0.4, 0.5) is 10.1 Å². The smallest absolute Gasteiger partial charge is 0.262 e. The lowest BCUT2D eigenvalue weighted by atomic mass is 10.1. The van der Waals surface area contributed by atoms with Gasteiger partial charge in [-0.2, -0.15) is 0 Å². The molecule has 0 aliphatic heterocycles. The summed E-state index contributed by atoms with van der Waals surface area (Å²) in [6.45, 7) is 1.96. The number of hydrogen-bond donors (Lipinski definition) is 2. The number of benzene rings is 2. The minimum absolute atomic E-state index is 0.00847. The zero-order valence-corrected chi connectivity index (χ0v) is 16.5. The van der Waals surface area contributed by atoms with E-state index in [1.165, 1.54) is 24.4 Å². The molecular weight excluding hydrogens is 393 g/mol. The minimum atomic E-state index is -4.00. The summed E-state index contributed by atoms with van der Waals surface area (Å²) in [5, 5.41) is 2.65. The largest absolute Gasteiger partial charge is 0.352 e. The van der Waals surface area contributed by atoms with Crippen molar-refractivity contribution in [2.45, 2.75) is 18.2 Å². The summed E-state index contributed by atoms with van der Waals surface area (Å²) in [5.41, 5.74) is 1.58. The third kappa shape index (κ3) is 5.17. The van der Waals surface area contributed by atoms with Gasteiger partial charge < -0.3 is 5.32 Å². The van der Waals surface area contributed by atoms with Crippen LogP contribution in [0.15, 0.2) is 71.9 Å². The number of hydrogen-bond acceptors (Lipinski definition) is 4. The molecule has 0 aliphatic rings. The molecule has 0 saturated heterocycles. The Bertz CT molecular complexity index is 1130. The molecular formula is C21H20FN3O3S. The lowest BCUT2D eigenvalue weighted by Crippen LogP contribution is -2.28. The zero-order valence-electron chi connectivity index (χ0n) is 15.7. The lowest BCUT2D eigenvalue weighted by Gasteiger charge is -2.13. The standard InChI is InChI=1S/C21H20FN3O3S/c1-15-12-17(14-23-13-15)25-29(27,28)20-9-5-3-7-18(20)21(26)24-11-10-16-6-2-4-8-19(16)22/h2-9,12-14,25H,10-11H2,1H3,(H,24,26). The molecule has 0 saturated carbocycles. The molecule has 0 atom stereocenters. The number of pyridine rings is 1. The van der Waals surface area contributed by atoms with Crippen molar-refractivity contribution in [3.63, 3.8) is 0 Å². The number of anilines is 1. The van der Waals surface area contributed by atoms with Crippen LogP contribution in [0.3, 0.4) is 0 Å². The van der Waals surface area contributed by atoms with E-state index in [-0.39, 0.29) is 22.8 Å². The molecule has 0 fully saturated rings. The van der Waals surface area contributed by atoms with Crippen molar-refractivity contribution in [2.75, 3.05) is 11.3 Å². The molecule has 29 heavy (non-hydrogen) atoms. The topological polar surface area (TPSA) is 88.2 Å². The van der Waals surface area contributed by atoms with Crippen LogP contribution in [-0.2, 0) is 16.4 Å². The van der Waals surface area contributed by atoms with Gasteiger partial charge in [-0.1, -0.05) is 30.3 Å². The number of carbonyl (C=O) groups excluding carboxylic acids is 1. The van der Waals surface area contributed by atoms with Crippen molar-refractivity contribution in [3.8, 4) is 0 Å². The summed E-state index contributed by atoms with van der Waals surface area (Å²) in [5.74, 6) is -0.898. The van der Waals surface area contributed by atoms with E-state index in [1.54, 1.807) is 49.5 Å². The van der Waals surface area contributed by atoms with E-state index in [0.717, 1.165) is 5.56 Å². The number of rotatable bonds is 7. The Labute approximate surface area is 168 Å². The fourth-order valence-corrected chi connectivity index (χ4v) is 4.06. The number of halogens is 1. The predicted molar refractivity (Wildman–Crippen MR) is 109 cm³/mol. The highest BCUT2D eigenvalue weighted by atomic mass is 32.2. The summed E-state index contributed by atoms with van der Waals surface area (Å²) in [7, 11) is -4.00. The first-order chi connectivity index (χ1) is 13.9. The van der Waals surface area contributed by atoms with E-state index >= 15 is 0 Å². The number of carbonyl (C=O) groups is 1. The van der Waals surface area contributed by atoms with Gasteiger partial charge in [-0.3, -0.25) is 14.5 Å². The van der Waals surface area contributed by atoms with Crippen LogP contribution < -0.4 is 10.0 Å². The second kappa shape index (κ2) is 8.83. The van der Waals surface area contributed by atoms with E-state index in [2.05, 4.69) is 15.0 Å². The van der Waals surface area contributed by atoms with Gasteiger partial charge in [0.2, 0.25) is 0 Å². The van der Waals surface area contributed by atoms with Crippen LogP contribution in [0.25, 0.3) is 0 Å². The van der Waals surface area contributed by atoms with E-state index in [0.29, 0.717) is 17.7 Å². The fourth-order valence-electron chi connectivity index (χ4n) is 2.82. The van der Waals surface area contributed by atoms with Gasteiger partial charge in [-0.15, -0.1) is 0 Å². The lowest BCUT2D eigenvalue weighted by molar-refractivity contribution is 0.0950. The Balaban J connectivity index is 1.75. The number of sulfonamides is 1. The summed E-state index contributed by atoms with van der Waals surface area (Å²) in [4.78, 5) is 16.4. The molecule has 1 aromatic heterocycles. The zero-order chi connectivity index (χ0) is 20.9. The van der Waals surface area contributed by atoms with Gasteiger partial charge in [0.25, 0.3) is 15.9 Å². The second-order valence-corrected chi connectivity index (χ2v) is 8.10. The monoisotopic (exact) mass is 413 g/mol. The maximum Gasteiger partial charge on any atom is 0.262 e. The number of aromatic nitrogens is 1. The molecule has 0 aliphatic carbocycles. The molecule has 3 aromatic rings. The average Bonchev–Trinajstić information content (AvgIpc) is 2.69. The quantitative estimate of drug-likeness (QED) is 0.622. The van der Waals surface area contributed by atoms with Crippen molar-refractivity contribution in [3.05, 3.63) is 89.5 Å². The summed E-state index contributed by atoms with van der Waals surface area (Å²) in [6.07, 6.45) is 3.29. The third-order valence-corrected chi connectivity index (χ3v) is 5.63. The van der Waals surface area contributed by atoms with Crippen molar-refractivity contribution in [1.82, 2.24) is 10.3 Å². The fraction of sp³-hybridized carbons (Fsp3) is 0.143. The minimum Gasteiger partial charge on any atom is -0.352 e. The number of nitrogens with one attached hydrogen (secondary N) is 2. The molecule has 2 N–H and O–H groups in total. The number of amides is 1. The molecule has 0 unspecified atom stereocenters. The molecule has 3 rings (SSSR count). The van der Waals surface area contributed by atoms with Crippen LogP contribution in [0.1, 0.15) is 21.5 Å². The Morgan fingerprint density at radius 1 is 1.07 bits per heavy atom. The Kier molecular flexibility index (Phi) is 6.23. The Morgan fingerprint density at radius 3 is 2.55 bits per heavy atom. The molecule has 1 heterocycles. The van der Waals surface area contributed by atoms with E-state index in [1.807, 2.05) is 0 Å². The van der Waals surface area contributed by atoms with Crippen molar-refractivity contribution in [2.24, 2.45) is 0 Å². The molecule has 6 nitrogen and oxygen atoms in total. The van der Waals surface area contributed by atoms with Crippen LogP contribution in [0.2, 0.25) is 0 Å². The first-order valence-electron chi connectivity index (χ1n) is 8.92. The van der Waals surface area contributed by atoms with Gasteiger partial charge >= 0.3 is 0 Å².